The van der Waals surface area contributed by atoms with Gasteiger partial charge in [0.1, 0.15) is 10.0 Å². The first-order chi connectivity index (χ1) is 8.15. The minimum atomic E-state index is 0.503. The van der Waals surface area contributed by atoms with Gasteiger partial charge in [-0.2, -0.15) is 0 Å². The Bertz CT molecular complexity index is 314. The first-order valence-electron chi connectivity index (χ1n) is 6.17. The highest BCUT2D eigenvalue weighted by molar-refractivity contribution is 7.11. The van der Waals surface area contributed by atoms with E-state index in [9.17, 15) is 0 Å². The highest BCUT2D eigenvalue weighted by atomic mass is 32.1. The van der Waals surface area contributed by atoms with Crippen LogP contribution in [0.1, 0.15) is 36.7 Å². The zero-order valence-electron chi connectivity index (χ0n) is 11.2. The Kier molecular flexibility index (Phi) is 6.62. The van der Waals surface area contributed by atoms with Gasteiger partial charge >= 0.3 is 0 Å². The fraction of sp³-hybridized carbons (Fsp3) is 0.833. The minimum absolute atomic E-state index is 0.503. The molecule has 0 aromatic carbocycles. The van der Waals surface area contributed by atoms with E-state index in [0.29, 0.717) is 11.8 Å². The molecule has 4 nitrogen and oxygen atoms in total. The molecular formula is C12H23N3OS. The molecule has 0 bridgehead atoms. The van der Waals surface area contributed by atoms with E-state index in [1.165, 1.54) is 0 Å². The van der Waals surface area contributed by atoms with Gasteiger partial charge in [-0.1, -0.05) is 20.8 Å². The van der Waals surface area contributed by atoms with Gasteiger partial charge in [0.25, 0.3) is 0 Å². The predicted octanol–water partition coefficient (Wildman–Crippen LogP) is 2.08. The van der Waals surface area contributed by atoms with Crippen LogP contribution in [0.2, 0.25) is 0 Å². The molecule has 0 aliphatic carbocycles. The van der Waals surface area contributed by atoms with Crippen molar-refractivity contribution < 1.29 is 4.74 Å². The Morgan fingerprint density at radius 3 is 2.65 bits per heavy atom. The molecule has 1 heterocycles. The predicted molar refractivity (Wildman–Crippen MR) is 71.6 cm³/mol. The Balaban J connectivity index is 2.31. The summed E-state index contributed by atoms with van der Waals surface area (Å²) in [5, 5.41) is 14.1. The van der Waals surface area contributed by atoms with E-state index in [0.717, 1.165) is 36.1 Å². The molecule has 1 aromatic heterocycles. The Labute approximate surface area is 108 Å². The highest BCUT2D eigenvalue weighted by Crippen LogP contribution is 2.26. The molecule has 1 atom stereocenters. The number of nitrogens with one attached hydrogen (secondary N) is 1. The summed E-state index contributed by atoms with van der Waals surface area (Å²) >= 11 is 1.74. The summed E-state index contributed by atoms with van der Waals surface area (Å²) < 4.78 is 4.97. The Hall–Kier alpha value is -0.520. The molecular weight excluding hydrogens is 234 g/mol. The molecule has 0 saturated carbocycles. The molecule has 1 unspecified atom stereocenters. The van der Waals surface area contributed by atoms with E-state index in [1.807, 2.05) is 0 Å². The molecule has 0 aliphatic heterocycles. The average molecular weight is 257 g/mol. The summed E-state index contributed by atoms with van der Waals surface area (Å²) in [4.78, 5) is 0. The van der Waals surface area contributed by atoms with Gasteiger partial charge in [-0.25, -0.2) is 0 Å². The van der Waals surface area contributed by atoms with Gasteiger partial charge < -0.3 is 10.1 Å². The smallest absolute Gasteiger partial charge is 0.120 e. The molecule has 1 rings (SSSR count). The summed E-state index contributed by atoms with van der Waals surface area (Å²) in [6, 6.07) is 0. The van der Waals surface area contributed by atoms with Crippen molar-refractivity contribution in [3.05, 3.63) is 10.0 Å². The average Bonchev–Trinajstić information content (AvgIpc) is 2.76. The van der Waals surface area contributed by atoms with Crippen LogP contribution >= 0.6 is 11.3 Å². The zero-order chi connectivity index (χ0) is 12.7. The second kappa shape index (κ2) is 7.74. The van der Waals surface area contributed by atoms with Crippen LogP contribution in [0.25, 0.3) is 0 Å². The molecule has 98 valence electrons. The van der Waals surface area contributed by atoms with Gasteiger partial charge in [0.05, 0.1) is 6.61 Å². The summed E-state index contributed by atoms with van der Waals surface area (Å²) in [5.41, 5.74) is 0. The summed E-state index contributed by atoms with van der Waals surface area (Å²) in [7, 11) is 1.71. The van der Waals surface area contributed by atoms with Gasteiger partial charge in [0.15, 0.2) is 0 Å². The van der Waals surface area contributed by atoms with Gasteiger partial charge in [0.2, 0.25) is 0 Å². The number of aromatic nitrogens is 2. The van der Waals surface area contributed by atoms with E-state index in [-0.39, 0.29) is 0 Å². The van der Waals surface area contributed by atoms with Crippen LogP contribution < -0.4 is 5.32 Å². The van der Waals surface area contributed by atoms with Crippen molar-refractivity contribution in [1.29, 1.82) is 0 Å². The molecule has 17 heavy (non-hydrogen) atoms. The van der Waals surface area contributed by atoms with Crippen molar-refractivity contribution in [2.75, 3.05) is 26.8 Å². The quantitative estimate of drug-likeness (QED) is 0.724. The first kappa shape index (κ1) is 14.5. The van der Waals surface area contributed by atoms with Crippen LogP contribution in [0.5, 0.6) is 0 Å². The second-order valence-electron chi connectivity index (χ2n) is 4.56. The van der Waals surface area contributed by atoms with E-state index in [1.54, 1.807) is 18.4 Å². The summed E-state index contributed by atoms with van der Waals surface area (Å²) in [6.45, 7) is 9.24. The Morgan fingerprint density at radius 2 is 2.00 bits per heavy atom. The summed E-state index contributed by atoms with van der Waals surface area (Å²) in [6.07, 6.45) is 0.951. The zero-order valence-corrected chi connectivity index (χ0v) is 12.0. The molecule has 0 spiro atoms. The van der Waals surface area contributed by atoms with Gasteiger partial charge in [0, 0.05) is 32.5 Å². The van der Waals surface area contributed by atoms with Crippen molar-refractivity contribution in [2.24, 2.45) is 5.92 Å². The van der Waals surface area contributed by atoms with Gasteiger partial charge in [-0.3, -0.25) is 0 Å². The third-order valence-corrected chi connectivity index (χ3v) is 4.05. The monoisotopic (exact) mass is 257 g/mol. The molecule has 0 amide bonds. The van der Waals surface area contributed by atoms with Crippen molar-refractivity contribution in [2.45, 2.75) is 33.1 Å². The van der Waals surface area contributed by atoms with Crippen molar-refractivity contribution in [3.8, 4) is 0 Å². The molecule has 5 heteroatoms. The third-order valence-electron chi connectivity index (χ3n) is 2.87. The van der Waals surface area contributed by atoms with Crippen molar-refractivity contribution in [3.63, 3.8) is 0 Å². The van der Waals surface area contributed by atoms with Gasteiger partial charge in [-0.15, -0.1) is 21.5 Å². The minimum Gasteiger partial charge on any atom is -0.383 e. The number of nitrogens with zero attached hydrogens (tertiary/aromatic N) is 2. The Morgan fingerprint density at radius 1 is 1.24 bits per heavy atom. The number of hydrogen-bond donors (Lipinski definition) is 1. The molecule has 0 saturated heterocycles. The van der Waals surface area contributed by atoms with Crippen LogP contribution in [0.4, 0.5) is 0 Å². The maximum Gasteiger partial charge on any atom is 0.120 e. The van der Waals surface area contributed by atoms with Crippen LogP contribution in [0.3, 0.4) is 0 Å². The molecule has 1 N–H and O–H groups in total. The maximum atomic E-state index is 4.97. The standard InChI is InChI=1S/C12H23N3OS/c1-9(2)10(3)12-15-14-11(17-12)5-6-13-7-8-16-4/h9-10,13H,5-8H2,1-4H3. The molecule has 0 radical (unpaired) electrons. The first-order valence-corrected chi connectivity index (χ1v) is 6.98. The van der Waals surface area contributed by atoms with Crippen LogP contribution in [0.15, 0.2) is 0 Å². The SMILES string of the molecule is COCCNCCc1nnc(C(C)C(C)C)s1. The topological polar surface area (TPSA) is 47.0 Å². The van der Waals surface area contributed by atoms with Crippen LogP contribution in [-0.2, 0) is 11.2 Å². The fourth-order valence-corrected chi connectivity index (χ4v) is 2.40. The maximum absolute atomic E-state index is 4.97. The van der Waals surface area contributed by atoms with E-state index in [2.05, 4.69) is 36.3 Å². The molecule has 1 aromatic rings. The lowest BCUT2D eigenvalue weighted by atomic mass is 9.99. The largest absolute Gasteiger partial charge is 0.383 e. The number of ether oxygens (including phenoxy) is 1. The molecule has 0 fully saturated rings. The lowest BCUT2D eigenvalue weighted by Crippen LogP contribution is -2.21. The highest BCUT2D eigenvalue weighted by Gasteiger charge is 2.14. The fourth-order valence-electron chi connectivity index (χ4n) is 1.33. The van der Waals surface area contributed by atoms with E-state index in [4.69, 9.17) is 4.74 Å². The summed E-state index contributed by atoms with van der Waals surface area (Å²) in [5.74, 6) is 1.12. The van der Waals surface area contributed by atoms with Crippen molar-refractivity contribution in [1.82, 2.24) is 15.5 Å². The van der Waals surface area contributed by atoms with Crippen LogP contribution in [-0.4, -0.2) is 37.0 Å². The number of hydrogen-bond acceptors (Lipinski definition) is 5. The number of methoxy groups -OCH3 is 1. The lowest BCUT2D eigenvalue weighted by Gasteiger charge is -2.10. The normalized spacial score (nSPS) is 13.2. The second-order valence-corrected chi connectivity index (χ2v) is 5.65. The third kappa shape index (κ3) is 5.10. The van der Waals surface area contributed by atoms with Crippen LogP contribution in [0, 0.1) is 5.92 Å². The van der Waals surface area contributed by atoms with E-state index < -0.39 is 0 Å². The van der Waals surface area contributed by atoms with Gasteiger partial charge in [-0.05, 0) is 5.92 Å². The van der Waals surface area contributed by atoms with Crippen molar-refractivity contribution >= 4 is 11.3 Å². The molecule has 0 aliphatic rings. The lowest BCUT2D eigenvalue weighted by molar-refractivity contribution is 0.199. The number of rotatable bonds is 8. The van der Waals surface area contributed by atoms with E-state index >= 15 is 0 Å².